The van der Waals surface area contributed by atoms with Gasteiger partial charge in [0.1, 0.15) is 5.75 Å². The van der Waals surface area contributed by atoms with Gasteiger partial charge in [-0.2, -0.15) is 4.98 Å². The van der Waals surface area contributed by atoms with E-state index in [4.69, 9.17) is 25.6 Å². The Hall–Kier alpha value is -1.59. The third kappa shape index (κ3) is 3.05. The van der Waals surface area contributed by atoms with E-state index in [-0.39, 0.29) is 12.5 Å². The molecule has 3 rings (SSSR count). The third-order valence-electron chi connectivity index (χ3n) is 2.94. The van der Waals surface area contributed by atoms with E-state index in [9.17, 15) is 0 Å². The van der Waals surface area contributed by atoms with Gasteiger partial charge in [-0.3, -0.25) is 0 Å². The molecule has 0 N–H and O–H groups in total. The Kier molecular flexibility index (Phi) is 3.66. The monoisotopic (exact) mass is 280 g/mol. The minimum absolute atomic E-state index is 0.237. The Labute approximate surface area is 115 Å². The molecule has 1 aliphatic rings. The predicted octanol–water partition coefficient (Wildman–Crippen LogP) is 2.81. The highest BCUT2D eigenvalue weighted by atomic mass is 35.5. The van der Waals surface area contributed by atoms with Crippen molar-refractivity contribution in [3.05, 3.63) is 41.0 Å². The van der Waals surface area contributed by atoms with Crippen LogP contribution in [0, 0.1) is 0 Å². The maximum Gasteiger partial charge on any atom is 0.264 e. The molecule has 1 fully saturated rings. The van der Waals surface area contributed by atoms with E-state index in [1.54, 1.807) is 12.1 Å². The molecular weight excluding hydrogens is 268 g/mol. The number of nitrogens with zero attached hydrogens (tertiary/aromatic N) is 2. The van der Waals surface area contributed by atoms with Gasteiger partial charge in [0.15, 0.2) is 12.4 Å². The van der Waals surface area contributed by atoms with Crippen molar-refractivity contribution in [2.75, 3.05) is 13.2 Å². The van der Waals surface area contributed by atoms with Crippen LogP contribution in [0.1, 0.15) is 24.1 Å². The van der Waals surface area contributed by atoms with Crippen LogP contribution in [0.25, 0.3) is 0 Å². The smallest absolute Gasteiger partial charge is 0.264 e. The zero-order valence-electron chi connectivity index (χ0n) is 10.2. The van der Waals surface area contributed by atoms with Gasteiger partial charge in [0.2, 0.25) is 0 Å². The van der Waals surface area contributed by atoms with Crippen molar-refractivity contribution in [1.82, 2.24) is 10.1 Å². The summed E-state index contributed by atoms with van der Waals surface area (Å²) < 4.78 is 16.0. The number of halogens is 1. The van der Waals surface area contributed by atoms with E-state index < -0.39 is 0 Å². The maximum absolute atomic E-state index is 5.87. The first-order valence-electron chi connectivity index (χ1n) is 6.10. The number of ether oxygens (including phenoxy) is 2. The van der Waals surface area contributed by atoms with Crippen LogP contribution in [0.3, 0.4) is 0 Å². The second-order valence-corrected chi connectivity index (χ2v) is 4.79. The molecule has 19 heavy (non-hydrogen) atoms. The fraction of sp³-hybridized carbons (Fsp3) is 0.385. The van der Waals surface area contributed by atoms with E-state index in [0.717, 1.165) is 13.0 Å². The lowest BCUT2D eigenvalue weighted by molar-refractivity contribution is 0.192. The first-order chi connectivity index (χ1) is 9.31. The highest BCUT2D eigenvalue weighted by molar-refractivity contribution is 6.30. The van der Waals surface area contributed by atoms with Gasteiger partial charge in [-0.05, 0) is 24.6 Å². The highest BCUT2D eigenvalue weighted by Crippen LogP contribution is 2.23. The van der Waals surface area contributed by atoms with Crippen molar-refractivity contribution in [3.8, 4) is 5.75 Å². The van der Waals surface area contributed by atoms with Crippen LogP contribution in [-0.4, -0.2) is 23.4 Å². The van der Waals surface area contributed by atoms with Gasteiger partial charge in [0, 0.05) is 17.5 Å². The molecule has 1 saturated heterocycles. The van der Waals surface area contributed by atoms with E-state index >= 15 is 0 Å². The summed E-state index contributed by atoms with van der Waals surface area (Å²) in [7, 11) is 0. The molecule has 2 heterocycles. The van der Waals surface area contributed by atoms with E-state index in [1.807, 2.05) is 12.1 Å². The first-order valence-corrected chi connectivity index (χ1v) is 6.47. The minimum atomic E-state index is 0.237. The summed E-state index contributed by atoms with van der Waals surface area (Å²) >= 11 is 5.87. The minimum Gasteiger partial charge on any atom is -0.484 e. The zero-order valence-corrected chi connectivity index (χ0v) is 11.0. The predicted molar refractivity (Wildman–Crippen MR) is 68.3 cm³/mol. The topological polar surface area (TPSA) is 57.4 Å². The lowest BCUT2D eigenvalue weighted by Crippen LogP contribution is -2.01. The lowest BCUT2D eigenvalue weighted by atomic mass is 10.1. The van der Waals surface area contributed by atoms with Crippen LogP contribution < -0.4 is 4.74 Å². The Bertz CT molecular complexity index is 552. The molecule has 0 saturated carbocycles. The van der Waals surface area contributed by atoms with Crippen molar-refractivity contribution < 1.29 is 14.0 Å². The second-order valence-electron chi connectivity index (χ2n) is 4.35. The molecule has 6 heteroatoms. The fourth-order valence-electron chi connectivity index (χ4n) is 1.93. The average Bonchev–Trinajstić information content (AvgIpc) is 3.07. The molecular formula is C13H13ClN2O3. The summed E-state index contributed by atoms with van der Waals surface area (Å²) in [5.74, 6) is 2.07. The Morgan fingerprint density at radius 3 is 3.16 bits per heavy atom. The summed E-state index contributed by atoms with van der Waals surface area (Å²) in [5, 5.41) is 4.59. The highest BCUT2D eigenvalue weighted by Gasteiger charge is 2.23. The summed E-state index contributed by atoms with van der Waals surface area (Å²) in [5.41, 5.74) is 0. The van der Waals surface area contributed by atoms with Crippen molar-refractivity contribution in [3.63, 3.8) is 0 Å². The largest absolute Gasteiger partial charge is 0.484 e. The molecule has 0 aliphatic carbocycles. The normalized spacial score (nSPS) is 18.7. The van der Waals surface area contributed by atoms with Crippen LogP contribution >= 0.6 is 11.6 Å². The average molecular weight is 281 g/mol. The van der Waals surface area contributed by atoms with Crippen LogP contribution in [0.5, 0.6) is 5.75 Å². The van der Waals surface area contributed by atoms with Crippen LogP contribution in [0.15, 0.2) is 28.8 Å². The quantitative estimate of drug-likeness (QED) is 0.862. The fourth-order valence-corrected chi connectivity index (χ4v) is 2.11. The van der Waals surface area contributed by atoms with E-state index in [1.165, 1.54) is 0 Å². The summed E-state index contributed by atoms with van der Waals surface area (Å²) in [4.78, 5) is 4.31. The molecule has 1 aromatic heterocycles. The van der Waals surface area contributed by atoms with Crippen molar-refractivity contribution in [2.45, 2.75) is 18.9 Å². The molecule has 0 amide bonds. The van der Waals surface area contributed by atoms with Crippen molar-refractivity contribution in [1.29, 1.82) is 0 Å². The van der Waals surface area contributed by atoms with E-state index in [2.05, 4.69) is 10.1 Å². The molecule has 1 aliphatic heterocycles. The molecule has 0 radical (unpaired) electrons. The standard InChI is InChI=1S/C13H13ClN2O3/c14-10-2-1-3-11(6-10)18-8-12-15-13(16-19-12)9-4-5-17-7-9/h1-3,6,9H,4-5,7-8H2. The Morgan fingerprint density at radius 1 is 1.42 bits per heavy atom. The van der Waals surface area contributed by atoms with Crippen molar-refractivity contribution in [2.24, 2.45) is 0 Å². The Morgan fingerprint density at radius 2 is 2.37 bits per heavy atom. The maximum atomic E-state index is 5.87. The molecule has 0 bridgehead atoms. The number of rotatable bonds is 4. The third-order valence-corrected chi connectivity index (χ3v) is 3.17. The van der Waals surface area contributed by atoms with Gasteiger partial charge in [-0.15, -0.1) is 0 Å². The number of hydrogen-bond acceptors (Lipinski definition) is 5. The van der Waals surface area contributed by atoms with E-state index in [0.29, 0.717) is 29.1 Å². The van der Waals surface area contributed by atoms with Gasteiger partial charge in [-0.1, -0.05) is 22.8 Å². The van der Waals surface area contributed by atoms with Crippen LogP contribution in [0.2, 0.25) is 5.02 Å². The molecule has 0 spiro atoms. The van der Waals surface area contributed by atoms with Gasteiger partial charge < -0.3 is 14.0 Å². The second kappa shape index (κ2) is 5.59. The molecule has 5 nitrogen and oxygen atoms in total. The van der Waals surface area contributed by atoms with Gasteiger partial charge in [0.05, 0.1) is 6.61 Å². The number of benzene rings is 1. The van der Waals surface area contributed by atoms with Crippen molar-refractivity contribution >= 4 is 11.6 Å². The SMILES string of the molecule is Clc1cccc(OCc2nc(C3CCOC3)no2)c1. The molecule has 1 unspecified atom stereocenters. The summed E-state index contributed by atoms with van der Waals surface area (Å²) in [6.45, 7) is 1.66. The summed E-state index contributed by atoms with van der Waals surface area (Å²) in [6.07, 6.45) is 0.939. The molecule has 100 valence electrons. The number of aromatic nitrogens is 2. The van der Waals surface area contributed by atoms with Gasteiger partial charge >= 0.3 is 0 Å². The molecule has 1 aromatic carbocycles. The lowest BCUT2D eigenvalue weighted by Gasteiger charge is -2.02. The van der Waals surface area contributed by atoms with Gasteiger partial charge in [0.25, 0.3) is 5.89 Å². The Balaban J connectivity index is 1.61. The summed E-state index contributed by atoms with van der Waals surface area (Å²) in [6, 6.07) is 7.18. The molecule has 2 aromatic rings. The van der Waals surface area contributed by atoms with Crippen LogP contribution in [-0.2, 0) is 11.3 Å². The number of hydrogen-bond donors (Lipinski definition) is 0. The van der Waals surface area contributed by atoms with Gasteiger partial charge in [-0.25, -0.2) is 0 Å². The first kappa shape index (κ1) is 12.4. The zero-order chi connectivity index (χ0) is 13.1. The molecule has 1 atom stereocenters. The van der Waals surface area contributed by atoms with Crippen LogP contribution in [0.4, 0.5) is 0 Å².